The molecular formula is C121H159Br3MgOS15. The smallest absolute Gasteiger partial charge is 1.00 e. The maximum atomic E-state index is 4.94. The summed E-state index contributed by atoms with van der Waals surface area (Å²) in [5, 5.41) is 14.6. The van der Waals surface area contributed by atoms with Crippen LogP contribution in [0.1, 0.15) is 377 Å². The molecule has 0 aromatic carbocycles. The van der Waals surface area contributed by atoms with Crippen LogP contribution in [-0.4, -0.2) is 36.3 Å². The molecule has 0 aliphatic carbocycles. The summed E-state index contributed by atoms with van der Waals surface area (Å²) in [5.74, 6) is 0. The minimum atomic E-state index is 0. The van der Waals surface area contributed by atoms with E-state index in [-0.39, 0.29) is 47.5 Å². The first-order valence-corrected chi connectivity index (χ1v) is 67.4. The van der Waals surface area contributed by atoms with E-state index in [2.05, 4.69) is 275 Å². The van der Waals surface area contributed by atoms with Crippen LogP contribution in [0.2, 0.25) is 0 Å². The first-order chi connectivity index (χ1) is 68.0. The predicted octanol–water partition coefficient (Wildman–Crippen LogP) is 45.7. The van der Waals surface area contributed by atoms with Gasteiger partial charge >= 0.3 is 23.1 Å². The van der Waals surface area contributed by atoms with E-state index in [1.165, 1.54) is 448 Å². The number of unbranched alkanes of at least 4 members (excludes halogenated alkanes) is 35. The van der Waals surface area contributed by atoms with Crippen molar-refractivity contribution >= 4 is 225 Å². The second kappa shape index (κ2) is 72.2. The SMILES string of the molecule is Brc1ccc(-c2ccc(Br)s2)s1.C.C1CCOC1.CCCCCCCCc1[c-]scc1.CCCCCCCCc1ccsc1-c1ccc(-c2ccc(-c3sc(-c4cc(CCCCCCCC)c(-c5ccc(-c6ccc(-c7sccc7CCCCCCCC)s6)s5)s4)cc3CCCCCCCC)s2)s1.CCCCCCCCc1ccsc1-c1ccc(-c2ccc(-c3sccc3CCCCCCCC)s2)s1.[Br-].[Mg+2]. The van der Waals surface area contributed by atoms with Gasteiger partial charge in [-0.3, -0.25) is 0 Å². The van der Waals surface area contributed by atoms with Crippen LogP contribution in [0.5, 0.6) is 0 Å². The van der Waals surface area contributed by atoms with Gasteiger partial charge in [-0.2, -0.15) is 10.9 Å². The number of halogens is 3. The Morgan fingerprint density at radius 3 is 0.674 bits per heavy atom. The molecule has 15 aromatic rings. The largest absolute Gasteiger partial charge is 2.00 e. The molecular weight excluding hydrogens is 2210 g/mol. The quantitative estimate of drug-likeness (QED) is 0.0210. The van der Waals surface area contributed by atoms with Crippen molar-refractivity contribution in [3.8, 4) is 107 Å². The van der Waals surface area contributed by atoms with Crippen molar-refractivity contribution in [2.24, 2.45) is 0 Å². The number of rotatable bonds is 60. The third kappa shape index (κ3) is 42.0. The zero-order valence-electron chi connectivity index (χ0n) is 85.0. The van der Waals surface area contributed by atoms with E-state index in [9.17, 15) is 0 Å². The van der Waals surface area contributed by atoms with Crippen molar-refractivity contribution in [3.63, 3.8) is 0 Å². The zero-order valence-corrected chi connectivity index (χ0v) is 103. The van der Waals surface area contributed by atoms with E-state index in [1.54, 1.807) is 67.4 Å². The average Bonchev–Trinajstić information content (AvgIpc) is 1.63. The number of hydrogen-bond donors (Lipinski definition) is 0. The summed E-state index contributed by atoms with van der Waals surface area (Å²) in [4.78, 5) is 31.6. The Bertz CT molecular complexity index is 5350. The fourth-order valence-corrected chi connectivity index (χ4v) is 35.0. The summed E-state index contributed by atoms with van der Waals surface area (Å²) < 4.78 is 7.31. The van der Waals surface area contributed by atoms with Gasteiger partial charge in [0.05, 0.1) is 7.57 Å². The van der Waals surface area contributed by atoms with Crippen molar-refractivity contribution in [2.45, 2.75) is 383 Å². The van der Waals surface area contributed by atoms with Gasteiger partial charge in [-0.15, -0.1) is 164 Å². The van der Waals surface area contributed by atoms with Gasteiger partial charge in [0.25, 0.3) is 0 Å². The minimum absolute atomic E-state index is 0. The van der Waals surface area contributed by atoms with Gasteiger partial charge in [0.2, 0.25) is 0 Å². The molecule has 0 saturated carbocycles. The Hall–Kier alpha value is -2.33. The van der Waals surface area contributed by atoms with E-state index < -0.39 is 0 Å². The molecule has 16 rings (SSSR count). The van der Waals surface area contributed by atoms with Gasteiger partial charge in [-0.25, -0.2) is 6.07 Å². The molecule has 762 valence electrons. The van der Waals surface area contributed by atoms with Gasteiger partial charge in [0, 0.05) is 121 Å². The maximum Gasteiger partial charge on any atom is 2.00 e. The van der Waals surface area contributed by atoms with Gasteiger partial charge < -0.3 is 33.1 Å². The van der Waals surface area contributed by atoms with Crippen LogP contribution in [-0.2, 0) is 49.7 Å². The molecule has 16 heterocycles. The Labute approximate surface area is 957 Å². The number of ether oxygens (including phenoxy) is 1. The van der Waals surface area contributed by atoms with E-state index in [4.69, 9.17) is 4.74 Å². The van der Waals surface area contributed by atoms with Gasteiger partial charge in [-0.05, 0) is 310 Å². The molecule has 1 saturated heterocycles. The Morgan fingerprint density at radius 1 is 0.227 bits per heavy atom. The third-order valence-electron chi connectivity index (χ3n) is 25.9. The number of thiophene rings is 15. The van der Waals surface area contributed by atoms with Crippen molar-refractivity contribution in [1.82, 2.24) is 0 Å². The summed E-state index contributed by atoms with van der Waals surface area (Å²) >= 11 is 35.9. The summed E-state index contributed by atoms with van der Waals surface area (Å²) in [5.41, 5.74) is 10.7. The van der Waals surface area contributed by atoms with Crippen LogP contribution < -0.4 is 17.0 Å². The molecule has 1 aliphatic rings. The molecule has 1 nitrogen and oxygen atoms in total. The molecule has 0 spiro atoms. The van der Waals surface area contributed by atoms with Gasteiger partial charge in [-0.1, -0.05) is 293 Å². The van der Waals surface area contributed by atoms with Crippen LogP contribution in [0.15, 0.2) is 174 Å². The third-order valence-corrected chi connectivity index (χ3v) is 44.5. The monoisotopic (exact) mass is 2370 g/mol. The average molecular weight is 2370 g/mol. The van der Waals surface area contributed by atoms with Gasteiger partial charge in [0.1, 0.15) is 0 Å². The van der Waals surface area contributed by atoms with E-state index in [0.29, 0.717) is 0 Å². The molecule has 0 atom stereocenters. The molecule has 1 aliphatic heterocycles. The Balaban J connectivity index is 0.000000262. The fourth-order valence-electron chi connectivity index (χ4n) is 17.9. The second-order valence-corrected chi connectivity index (χ2v) is 55.1. The van der Waals surface area contributed by atoms with Crippen LogP contribution in [0.4, 0.5) is 0 Å². The molecule has 0 N–H and O–H groups in total. The van der Waals surface area contributed by atoms with E-state index in [0.717, 1.165) is 13.2 Å². The molecule has 0 bridgehead atoms. The molecule has 1 fully saturated rings. The minimum Gasteiger partial charge on any atom is -1.00 e. The first kappa shape index (κ1) is 122. The molecule has 0 unspecified atom stereocenters. The molecule has 0 radical (unpaired) electrons. The van der Waals surface area contributed by atoms with Crippen LogP contribution >= 0.6 is 202 Å². The predicted molar refractivity (Wildman–Crippen MR) is 660 cm³/mol. The van der Waals surface area contributed by atoms with E-state index >= 15 is 0 Å². The summed E-state index contributed by atoms with van der Waals surface area (Å²) in [6.45, 7) is 18.1. The van der Waals surface area contributed by atoms with E-state index in [1.807, 2.05) is 113 Å². The van der Waals surface area contributed by atoms with Crippen LogP contribution in [0.25, 0.3) is 107 Å². The second-order valence-electron chi connectivity index (χ2n) is 37.2. The zero-order chi connectivity index (χ0) is 96.2. The maximum absolute atomic E-state index is 4.94. The molecule has 20 heteroatoms. The standard InChI is InChI=1S/C64H82S8.C32H42S4.C12H19S.C8H4Br2S2.C4H8O.CH4.BrH.Mg/c1-5-9-13-17-21-25-29-47-41-43-65-61(47)55-37-33-51(67-55)53-35-39-57(69-53)63-49(31-27-23-19-15-11-7-3)45-59(71-63)60-46-50(32-28-24-20-16-12-8-4)64(72-60)58-40-36-54(70-58)52-34-38-56(68-52)62-48(42-44-66-62)30-26-22-18-14-10-6-2;1-3-5-7-9-11-13-15-25-21-23-33-31(25)29-19-17-27(35-29)28-18-20-30(36-28)32-26(22-24-34-32)16-14-12-10-8-6-4-2;1-2-3-4-5-6-7-8-12-9-10-13-11-12;9-7-3-1-5(11-7)6-2-4-8(10)12-6;1-2-4-5-3-1;;;/h33-46H,5-32H2,1-4H3;17-24H,3-16H2,1-2H3;9-10H,2-8H2,1H3;1-4H;1-4H2;1H4;1H;/q;;-1;;;;;+2/p-1. The van der Waals surface area contributed by atoms with Crippen LogP contribution in [0.3, 0.4) is 0 Å². The Kier molecular flexibility index (Phi) is 62.6. The Morgan fingerprint density at radius 2 is 0.447 bits per heavy atom. The van der Waals surface area contributed by atoms with Crippen molar-refractivity contribution < 1.29 is 21.7 Å². The van der Waals surface area contributed by atoms with Crippen molar-refractivity contribution in [2.75, 3.05) is 13.2 Å². The fraction of sp³-hybridized carbons (Fsp3) is 0.504. The number of aryl methyl sites for hydroxylation is 7. The van der Waals surface area contributed by atoms with Crippen LogP contribution in [0, 0.1) is 5.38 Å². The number of hydrogen-bond acceptors (Lipinski definition) is 16. The topological polar surface area (TPSA) is 9.23 Å². The summed E-state index contributed by atoms with van der Waals surface area (Å²) in [6.07, 6.45) is 67.9. The van der Waals surface area contributed by atoms with Crippen molar-refractivity contribution in [3.05, 3.63) is 218 Å². The first-order valence-electron chi connectivity index (χ1n) is 53.2. The molecule has 141 heavy (non-hydrogen) atoms. The summed E-state index contributed by atoms with van der Waals surface area (Å²) in [6, 6.07) is 54.0. The summed E-state index contributed by atoms with van der Waals surface area (Å²) in [7, 11) is 0. The molecule has 0 amide bonds. The normalized spacial score (nSPS) is 11.7. The molecule has 15 aromatic heterocycles. The van der Waals surface area contributed by atoms with Crippen molar-refractivity contribution in [1.29, 1.82) is 0 Å². The van der Waals surface area contributed by atoms with Gasteiger partial charge in [0.15, 0.2) is 0 Å².